The number of fused-ring (bicyclic) bond motifs is 1. The van der Waals surface area contributed by atoms with Crippen LogP contribution in [0.4, 0.5) is 0 Å². The number of aromatic nitrogens is 2. The first-order valence-corrected chi connectivity index (χ1v) is 7.25. The number of hydrogen-bond acceptors (Lipinski definition) is 4. The van der Waals surface area contributed by atoms with E-state index < -0.39 is 0 Å². The zero-order valence-corrected chi connectivity index (χ0v) is 11.7. The molecule has 3 N–H and O–H groups in total. The van der Waals surface area contributed by atoms with Crippen molar-refractivity contribution in [2.45, 2.75) is 38.3 Å². The van der Waals surface area contributed by atoms with Crippen molar-refractivity contribution in [2.75, 3.05) is 26.8 Å². The predicted octanol–water partition coefficient (Wildman–Crippen LogP) is 0.830. The average molecular weight is 264 g/mol. The minimum absolute atomic E-state index is 0.508. The Kier molecular flexibility index (Phi) is 3.86. The molecule has 5 heteroatoms. The van der Waals surface area contributed by atoms with Gasteiger partial charge in [0.2, 0.25) is 0 Å². The van der Waals surface area contributed by atoms with Gasteiger partial charge in [-0.25, -0.2) is 4.98 Å². The summed E-state index contributed by atoms with van der Waals surface area (Å²) in [5, 5.41) is 7.19. The van der Waals surface area contributed by atoms with Crippen molar-refractivity contribution in [3.8, 4) is 0 Å². The summed E-state index contributed by atoms with van der Waals surface area (Å²) in [6, 6.07) is 0.508. The molecule has 0 saturated heterocycles. The monoisotopic (exact) mass is 264 g/mol. The van der Waals surface area contributed by atoms with Crippen LogP contribution in [0.25, 0.3) is 0 Å². The highest BCUT2D eigenvalue weighted by molar-refractivity contribution is 5.16. The standard InChI is InChI=1S/C14H24N4O/c1-19-5-4-14(2-3-14)9-15-7-11-6-12-13(8-16-11)18-10-17-12/h10-11,15-16H,2-9H2,1H3,(H,17,18). The van der Waals surface area contributed by atoms with Gasteiger partial charge in [0.25, 0.3) is 0 Å². The van der Waals surface area contributed by atoms with E-state index in [1.165, 1.54) is 30.7 Å². The number of methoxy groups -OCH3 is 1. The van der Waals surface area contributed by atoms with Gasteiger partial charge in [0, 0.05) is 45.8 Å². The molecule has 1 atom stereocenters. The first-order valence-electron chi connectivity index (χ1n) is 7.25. The van der Waals surface area contributed by atoms with Crippen LogP contribution in [0.3, 0.4) is 0 Å². The van der Waals surface area contributed by atoms with E-state index in [1.807, 2.05) is 0 Å². The highest BCUT2D eigenvalue weighted by atomic mass is 16.5. The third-order valence-electron chi connectivity index (χ3n) is 4.50. The average Bonchev–Trinajstić information content (AvgIpc) is 3.03. The molecule has 0 radical (unpaired) electrons. The van der Waals surface area contributed by atoms with Crippen LogP contribution >= 0.6 is 0 Å². The lowest BCUT2D eigenvalue weighted by Gasteiger charge is -2.24. The molecule has 2 aliphatic rings. The zero-order valence-electron chi connectivity index (χ0n) is 11.7. The normalized spacial score (nSPS) is 24.2. The van der Waals surface area contributed by atoms with Gasteiger partial charge >= 0.3 is 0 Å². The van der Waals surface area contributed by atoms with Crippen molar-refractivity contribution in [1.82, 2.24) is 20.6 Å². The van der Waals surface area contributed by atoms with Gasteiger partial charge in [0.05, 0.1) is 17.7 Å². The minimum Gasteiger partial charge on any atom is -0.385 e. The maximum atomic E-state index is 5.19. The maximum absolute atomic E-state index is 5.19. The molecule has 1 aromatic rings. The quantitative estimate of drug-likeness (QED) is 0.682. The topological polar surface area (TPSA) is 62.0 Å². The number of aromatic amines is 1. The van der Waals surface area contributed by atoms with Crippen molar-refractivity contribution >= 4 is 0 Å². The van der Waals surface area contributed by atoms with Crippen molar-refractivity contribution in [1.29, 1.82) is 0 Å². The van der Waals surface area contributed by atoms with Gasteiger partial charge in [-0.15, -0.1) is 0 Å². The molecular formula is C14H24N4O. The Labute approximate surface area is 114 Å². The van der Waals surface area contributed by atoms with Gasteiger partial charge in [-0.3, -0.25) is 0 Å². The van der Waals surface area contributed by atoms with Crippen molar-refractivity contribution in [3.05, 3.63) is 17.7 Å². The molecule has 0 aromatic carbocycles. The fourth-order valence-corrected chi connectivity index (χ4v) is 2.90. The van der Waals surface area contributed by atoms with Crippen LogP contribution in [0, 0.1) is 5.41 Å². The second-order valence-electron chi connectivity index (χ2n) is 5.98. The van der Waals surface area contributed by atoms with Gasteiger partial charge < -0.3 is 20.4 Å². The van der Waals surface area contributed by atoms with Crippen LogP contribution in [-0.2, 0) is 17.7 Å². The second kappa shape index (κ2) is 5.61. The molecule has 0 bridgehead atoms. The molecule has 0 amide bonds. The molecule has 2 heterocycles. The molecule has 1 unspecified atom stereocenters. The summed E-state index contributed by atoms with van der Waals surface area (Å²) in [6.07, 6.45) is 6.72. The van der Waals surface area contributed by atoms with Crippen molar-refractivity contribution < 1.29 is 4.74 Å². The third-order valence-corrected chi connectivity index (χ3v) is 4.50. The Hall–Kier alpha value is -0.910. The molecule has 5 nitrogen and oxygen atoms in total. The number of ether oxygens (including phenoxy) is 1. The van der Waals surface area contributed by atoms with Gasteiger partial charge in [0.1, 0.15) is 0 Å². The predicted molar refractivity (Wildman–Crippen MR) is 73.9 cm³/mol. The van der Waals surface area contributed by atoms with E-state index in [2.05, 4.69) is 20.6 Å². The Bertz CT molecular complexity index is 413. The summed E-state index contributed by atoms with van der Waals surface area (Å²) in [5.74, 6) is 0. The van der Waals surface area contributed by atoms with Gasteiger partial charge in [-0.05, 0) is 24.7 Å². The minimum atomic E-state index is 0.508. The Balaban J connectivity index is 1.39. The number of rotatable bonds is 7. The van der Waals surface area contributed by atoms with Crippen LogP contribution in [0.5, 0.6) is 0 Å². The summed E-state index contributed by atoms with van der Waals surface area (Å²) in [5.41, 5.74) is 3.00. The van der Waals surface area contributed by atoms with Gasteiger partial charge in [0.15, 0.2) is 0 Å². The molecular weight excluding hydrogens is 240 g/mol. The lowest BCUT2D eigenvalue weighted by atomic mass is 10.0. The molecule has 1 aliphatic heterocycles. The SMILES string of the molecule is COCCC1(CNCC2Cc3nc[nH]c3CN2)CC1. The Morgan fingerprint density at radius 2 is 2.42 bits per heavy atom. The van der Waals surface area contributed by atoms with Crippen LogP contribution in [-0.4, -0.2) is 42.8 Å². The summed E-state index contributed by atoms with van der Waals surface area (Å²) in [4.78, 5) is 7.56. The molecule has 106 valence electrons. The molecule has 1 aromatic heterocycles. The van der Waals surface area contributed by atoms with E-state index in [1.54, 1.807) is 13.4 Å². The fraction of sp³-hybridized carbons (Fsp3) is 0.786. The molecule has 19 heavy (non-hydrogen) atoms. The van der Waals surface area contributed by atoms with E-state index in [0.29, 0.717) is 11.5 Å². The highest BCUT2D eigenvalue weighted by Crippen LogP contribution is 2.48. The smallest absolute Gasteiger partial charge is 0.0925 e. The van der Waals surface area contributed by atoms with E-state index in [-0.39, 0.29) is 0 Å². The van der Waals surface area contributed by atoms with E-state index in [9.17, 15) is 0 Å². The molecule has 3 rings (SSSR count). The Morgan fingerprint density at radius 3 is 3.21 bits per heavy atom. The summed E-state index contributed by atoms with van der Waals surface area (Å²) in [7, 11) is 1.79. The first kappa shape index (κ1) is 13.1. The first-order chi connectivity index (χ1) is 9.31. The second-order valence-corrected chi connectivity index (χ2v) is 5.98. The summed E-state index contributed by atoms with van der Waals surface area (Å²) < 4.78 is 5.19. The lowest BCUT2D eigenvalue weighted by molar-refractivity contribution is 0.171. The summed E-state index contributed by atoms with van der Waals surface area (Å²) in [6.45, 7) is 3.96. The third kappa shape index (κ3) is 3.16. The molecule has 1 fully saturated rings. The maximum Gasteiger partial charge on any atom is 0.0925 e. The molecule has 0 spiro atoms. The largest absolute Gasteiger partial charge is 0.385 e. The van der Waals surface area contributed by atoms with E-state index >= 15 is 0 Å². The zero-order chi connectivity index (χ0) is 13.1. The fourth-order valence-electron chi connectivity index (χ4n) is 2.90. The summed E-state index contributed by atoms with van der Waals surface area (Å²) >= 11 is 0. The Morgan fingerprint density at radius 1 is 1.53 bits per heavy atom. The number of nitrogens with zero attached hydrogens (tertiary/aromatic N) is 1. The lowest BCUT2D eigenvalue weighted by Crippen LogP contribution is -2.44. The van der Waals surface area contributed by atoms with Crippen molar-refractivity contribution in [2.24, 2.45) is 5.41 Å². The van der Waals surface area contributed by atoms with Crippen LogP contribution in [0.15, 0.2) is 6.33 Å². The van der Waals surface area contributed by atoms with Gasteiger partial charge in [-0.2, -0.15) is 0 Å². The molecule has 1 aliphatic carbocycles. The number of hydrogen-bond donors (Lipinski definition) is 3. The van der Waals surface area contributed by atoms with E-state index in [4.69, 9.17) is 4.74 Å². The van der Waals surface area contributed by atoms with Crippen LogP contribution < -0.4 is 10.6 Å². The molecule has 1 saturated carbocycles. The number of nitrogens with one attached hydrogen (secondary N) is 3. The number of H-pyrrole nitrogens is 1. The van der Waals surface area contributed by atoms with Crippen molar-refractivity contribution in [3.63, 3.8) is 0 Å². The highest BCUT2D eigenvalue weighted by Gasteiger charge is 2.41. The van der Waals surface area contributed by atoms with Crippen LogP contribution in [0.2, 0.25) is 0 Å². The van der Waals surface area contributed by atoms with Gasteiger partial charge in [-0.1, -0.05) is 0 Å². The number of imidazole rings is 1. The van der Waals surface area contributed by atoms with E-state index in [0.717, 1.165) is 32.7 Å². The van der Waals surface area contributed by atoms with Crippen LogP contribution in [0.1, 0.15) is 30.7 Å².